The summed E-state index contributed by atoms with van der Waals surface area (Å²) in [5, 5.41) is 14.2. The van der Waals surface area contributed by atoms with Crippen molar-refractivity contribution >= 4 is 5.91 Å². The predicted octanol–water partition coefficient (Wildman–Crippen LogP) is 0.794. The Balaban J connectivity index is 2.05. The first-order chi connectivity index (χ1) is 10.8. The van der Waals surface area contributed by atoms with Gasteiger partial charge in [-0.25, -0.2) is 9.67 Å². The van der Waals surface area contributed by atoms with E-state index in [0.717, 1.165) is 5.56 Å². The fraction of sp³-hybridized carbons (Fsp3) is 0.438. The number of hydrogen-bond donors (Lipinski definition) is 2. The number of ether oxygens (including phenoxy) is 1. The Bertz CT molecular complexity index is 647. The minimum Gasteiger partial charge on any atom is -0.389 e. The van der Waals surface area contributed by atoms with Crippen LogP contribution in [0.1, 0.15) is 31.1 Å². The summed E-state index contributed by atoms with van der Waals surface area (Å²) in [5.74, 6) is 0.390. The van der Waals surface area contributed by atoms with Gasteiger partial charge in [-0.05, 0) is 19.4 Å². The van der Waals surface area contributed by atoms with Gasteiger partial charge >= 0.3 is 0 Å². The quantitative estimate of drug-likeness (QED) is 0.749. The van der Waals surface area contributed by atoms with Gasteiger partial charge in [0, 0.05) is 0 Å². The van der Waals surface area contributed by atoms with E-state index in [9.17, 15) is 9.90 Å². The van der Waals surface area contributed by atoms with Crippen LogP contribution in [0.5, 0.6) is 0 Å². The normalized spacial score (nSPS) is 11.6. The number of carbonyl (C=O) groups is 1. The lowest BCUT2D eigenvalue weighted by Gasteiger charge is -2.18. The highest BCUT2D eigenvalue weighted by Gasteiger charge is 2.19. The topological polar surface area (TPSA) is 103 Å². The number of rotatable bonds is 8. The van der Waals surface area contributed by atoms with Crippen molar-refractivity contribution in [1.29, 1.82) is 0 Å². The molecule has 1 aromatic carbocycles. The van der Waals surface area contributed by atoms with E-state index in [2.05, 4.69) is 10.1 Å². The number of benzene rings is 1. The third-order valence-corrected chi connectivity index (χ3v) is 3.00. The second-order valence-corrected chi connectivity index (χ2v) is 6.04. The lowest BCUT2D eigenvalue weighted by molar-refractivity contribution is -0.117. The lowest BCUT2D eigenvalue weighted by atomic mass is 10.1. The lowest BCUT2D eigenvalue weighted by Crippen LogP contribution is -2.28. The number of carbonyl (C=O) groups excluding carboxylic acids is 1. The summed E-state index contributed by atoms with van der Waals surface area (Å²) in [6, 6.07) is 9.78. The number of primary amides is 1. The van der Waals surface area contributed by atoms with Crippen LogP contribution in [0.4, 0.5) is 0 Å². The molecule has 7 heteroatoms. The van der Waals surface area contributed by atoms with Crippen LogP contribution in [-0.2, 0) is 35.7 Å². The second-order valence-electron chi connectivity index (χ2n) is 6.04. The molecule has 2 rings (SSSR count). The van der Waals surface area contributed by atoms with Gasteiger partial charge in [-0.15, -0.1) is 0 Å². The van der Waals surface area contributed by atoms with Crippen molar-refractivity contribution in [3.63, 3.8) is 0 Å². The third kappa shape index (κ3) is 5.80. The van der Waals surface area contributed by atoms with Crippen LogP contribution in [0.2, 0.25) is 0 Å². The number of aliphatic hydroxyl groups is 1. The summed E-state index contributed by atoms with van der Waals surface area (Å²) in [4.78, 5) is 15.3. The number of nitrogens with zero attached hydrogens (tertiary/aromatic N) is 3. The second kappa shape index (κ2) is 7.34. The molecule has 0 aliphatic rings. The highest BCUT2D eigenvalue weighted by molar-refractivity contribution is 5.75. The molecule has 0 spiro atoms. The molecule has 1 heterocycles. The van der Waals surface area contributed by atoms with Crippen molar-refractivity contribution in [3.8, 4) is 0 Å². The molecule has 23 heavy (non-hydrogen) atoms. The molecule has 0 aliphatic carbocycles. The fourth-order valence-corrected chi connectivity index (χ4v) is 2.09. The molecule has 0 saturated heterocycles. The summed E-state index contributed by atoms with van der Waals surface area (Å²) in [7, 11) is 0. The van der Waals surface area contributed by atoms with Gasteiger partial charge in [0.25, 0.3) is 0 Å². The van der Waals surface area contributed by atoms with E-state index >= 15 is 0 Å². The molecule has 0 radical (unpaired) electrons. The van der Waals surface area contributed by atoms with Gasteiger partial charge < -0.3 is 15.6 Å². The molecular formula is C16H22N4O3. The molecular weight excluding hydrogens is 296 g/mol. The molecule has 124 valence electrons. The van der Waals surface area contributed by atoms with Crippen molar-refractivity contribution in [2.45, 2.75) is 45.6 Å². The molecule has 2 aromatic rings. The smallest absolute Gasteiger partial charge is 0.225 e. The number of hydrogen-bond acceptors (Lipinski definition) is 5. The molecule has 1 aromatic heterocycles. The number of nitrogens with two attached hydrogens (primary N) is 1. The first-order valence-corrected chi connectivity index (χ1v) is 7.38. The van der Waals surface area contributed by atoms with Crippen molar-refractivity contribution in [3.05, 3.63) is 47.5 Å². The Morgan fingerprint density at radius 2 is 2.00 bits per heavy atom. The van der Waals surface area contributed by atoms with E-state index in [4.69, 9.17) is 10.5 Å². The monoisotopic (exact) mass is 318 g/mol. The minimum absolute atomic E-state index is 0.0372. The van der Waals surface area contributed by atoms with Gasteiger partial charge in [0.1, 0.15) is 6.61 Å². The van der Waals surface area contributed by atoms with Crippen LogP contribution in [0.15, 0.2) is 30.3 Å². The van der Waals surface area contributed by atoms with E-state index < -0.39 is 11.5 Å². The van der Waals surface area contributed by atoms with E-state index in [1.807, 2.05) is 30.3 Å². The van der Waals surface area contributed by atoms with Crippen molar-refractivity contribution in [1.82, 2.24) is 14.8 Å². The van der Waals surface area contributed by atoms with Crippen LogP contribution in [0.3, 0.4) is 0 Å². The van der Waals surface area contributed by atoms with Crippen molar-refractivity contribution in [2.75, 3.05) is 0 Å². The summed E-state index contributed by atoms with van der Waals surface area (Å²) in [6.07, 6.45) is -0.0372. The molecule has 0 aliphatic heterocycles. The summed E-state index contributed by atoms with van der Waals surface area (Å²) in [6.45, 7) is 4.29. The zero-order valence-corrected chi connectivity index (χ0v) is 13.4. The SMILES string of the molecule is CC(C)(O)Cn1nc(CC(N)=O)nc1COCc1ccccc1. The van der Waals surface area contributed by atoms with Crippen molar-refractivity contribution < 1.29 is 14.6 Å². The molecule has 0 unspecified atom stereocenters. The zero-order valence-electron chi connectivity index (χ0n) is 13.4. The van der Waals surface area contributed by atoms with Gasteiger partial charge in [0.05, 0.1) is 25.2 Å². The highest BCUT2D eigenvalue weighted by atomic mass is 16.5. The molecule has 1 amide bonds. The maximum absolute atomic E-state index is 11.0. The Labute approximate surface area is 135 Å². The van der Waals surface area contributed by atoms with Gasteiger partial charge in [-0.1, -0.05) is 30.3 Å². The van der Waals surface area contributed by atoms with Crippen LogP contribution in [-0.4, -0.2) is 31.4 Å². The molecule has 0 saturated carbocycles. The summed E-state index contributed by atoms with van der Waals surface area (Å²) >= 11 is 0. The molecule has 0 bridgehead atoms. The Kier molecular flexibility index (Phi) is 5.46. The predicted molar refractivity (Wildman–Crippen MR) is 84.2 cm³/mol. The fourth-order valence-electron chi connectivity index (χ4n) is 2.09. The summed E-state index contributed by atoms with van der Waals surface area (Å²) < 4.78 is 7.22. The van der Waals surface area contributed by atoms with E-state index in [0.29, 0.717) is 18.3 Å². The van der Waals surface area contributed by atoms with Crippen LogP contribution < -0.4 is 5.73 Å². The Morgan fingerprint density at radius 3 is 2.61 bits per heavy atom. The Morgan fingerprint density at radius 1 is 1.30 bits per heavy atom. The van der Waals surface area contributed by atoms with Crippen molar-refractivity contribution in [2.24, 2.45) is 5.73 Å². The molecule has 0 fully saturated rings. The molecule has 3 N–H and O–H groups in total. The van der Waals surface area contributed by atoms with E-state index in [-0.39, 0.29) is 19.6 Å². The average Bonchev–Trinajstić information content (AvgIpc) is 2.78. The van der Waals surface area contributed by atoms with E-state index in [1.54, 1.807) is 18.5 Å². The van der Waals surface area contributed by atoms with Crippen LogP contribution in [0.25, 0.3) is 0 Å². The third-order valence-electron chi connectivity index (χ3n) is 3.00. The highest BCUT2D eigenvalue weighted by Crippen LogP contribution is 2.10. The van der Waals surface area contributed by atoms with Gasteiger partial charge in [0.2, 0.25) is 5.91 Å². The maximum atomic E-state index is 11.0. The summed E-state index contributed by atoms with van der Waals surface area (Å²) in [5.41, 5.74) is 5.28. The standard InChI is InChI=1S/C16H22N4O3/c1-16(2,22)11-20-15(18-14(19-20)8-13(17)21)10-23-9-12-6-4-3-5-7-12/h3-7,22H,8-11H2,1-2H3,(H2,17,21). The van der Waals surface area contributed by atoms with Crippen LogP contribution in [0, 0.1) is 0 Å². The number of aromatic nitrogens is 3. The zero-order chi connectivity index (χ0) is 16.9. The molecule has 7 nitrogen and oxygen atoms in total. The first kappa shape index (κ1) is 17.1. The van der Waals surface area contributed by atoms with Crippen LogP contribution >= 0.6 is 0 Å². The average molecular weight is 318 g/mol. The first-order valence-electron chi connectivity index (χ1n) is 7.38. The maximum Gasteiger partial charge on any atom is 0.225 e. The van der Waals surface area contributed by atoms with Gasteiger partial charge in [-0.3, -0.25) is 4.79 Å². The largest absolute Gasteiger partial charge is 0.389 e. The molecule has 0 atom stereocenters. The minimum atomic E-state index is -0.953. The Hall–Kier alpha value is -2.25. The number of amides is 1. The van der Waals surface area contributed by atoms with E-state index in [1.165, 1.54) is 0 Å². The van der Waals surface area contributed by atoms with Gasteiger partial charge in [-0.2, -0.15) is 5.10 Å². The van der Waals surface area contributed by atoms with Gasteiger partial charge in [0.15, 0.2) is 11.6 Å².